The Kier molecular flexibility index (Phi) is 14.8. The molecule has 0 spiro atoms. The molecule has 7 heteroatoms. The quantitative estimate of drug-likeness (QED) is 0.234. The largest absolute Gasteiger partial charge is 0.497 e. The molecule has 6 nitrogen and oxygen atoms in total. The summed E-state index contributed by atoms with van der Waals surface area (Å²) in [6, 6.07) is 7.92. The van der Waals surface area contributed by atoms with Crippen LogP contribution in [0.4, 0.5) is 0 Å². The Balaban J connectivity index is 0.00000529. The number of hydrogen-bond donors (Lipinski definition) is 2. The highest BCUT2D eigenvalue weighted by molar-refractivity contribution is 14.0. The van der Waals surface area contributed by atoms with Crippen LogP contribution < -0.4 is 15.4 Å². The first kappa shape index (κ1) is 22.9. The Hall–Kier alpha value is -1.06. The Labute approximate surface area is 162 Å². The molecule has 0 atom stereocenters. The molecule has 0 aliphatic heterocycles. The third-order valence-corrected chi connectivity index (χ3v) is 3.15. The second kappa shape index (κ2) is 15.5. The number of nitrogens with one attached hydrogen (secondary N) is 2. The zero-order valence-corrected chi connectivity index (χ0v) is 17.2. The molecule has 0 unspecified atom stereocenters. The zero-order chi connectivity index (χ0) is 16.8. The van der Waals surface area contributed by atoms with Gasteiger partial charge in [0.1, 0.15) is 5.75 Å². The van der Waals surface area contributed by atoms with E-state index in [0.29, 0.717) is 19.8 Å². The fourth-order valence-corrected chi connectivity index (χ4v) is 1.90. The Morgan fingerprint density at radius 1 is 1.04 bits per heavy atom. The van der Waals surface area contributed by atoms with Gasteiger partial charge in [-0.25, -0.2) is 0 Å². The number of halogens is 1. The second-order valence-corrected chi connectivity index (χ2v) is 4.88. The molecule has 0 saturated heterocycles. The molecule has 0 amide bonds. The molecule has 1 rings (SSSR count). The molecule has 0 saturated carbocycles. The summed E-state index contributed by atoms with van der Waals surface area (Å²) in [5, 5.41) is 6.44. The summed E-state index contributed by atoms with van der Waals surface area (Å²) in [6.45, 7) is 6.29. The van der Waals surface area contributed by atoms with Crippen molar-refractivity contribution in [3.05, 3.63) is 29.8 Å². The molecule has 138 valence electrons. The maximum Gasteiger partial charge on any atom is 0.191 e. The van der Waals surface area contributed by atoms with Gasteiger partial charge in [-0.3, -0.25) is 4.99 Å². The molecular weight excluding hydrogens is 421 g/mol. The lowest BCUT2D eigenvalue weighted by molar-refractivity contribution is 0.119. The van der Waals surface area contributed by atoms with Gasteiger partial charge < -0.3 is 24.8 Å². The van der Waals surface area contributed by atoms with Crippen molar-refractivity contribution in [2.45, 2.75) is 20.0 Å². The predicted octanol–water partition coefficient (Wildman–Crippen LogP) is 2.42. The third kappa shape index (κ3) is 10.7. The van der Waals surface area contributed by atoms with Gasteiger partial charge in [0, 0.05) is 33.4 Å². The molecule has 2 N–H and O–H groups in total. The smallest absolute Gasteiger partial charge is 0.191 e. The van der Waals surface area contributed by atoms with E-state index in [4.69, 9.17) is 14.2 Å². The van der Waals surface area contributed by atoms with Crippen molar-refractivity contribution in [3.8, 4) is 5.75 Å². The maximum atomic E-state index is 5.66. The van der Waals surface area contributed by atoms with Crippen molar-refractivity contribution in [1.82, 2.24) is 10.6 Å². The van der Waals surface area contributed by atoms with Crippen molar-refractivity contribution < 1.29 is 14.2 Å². The summed E-state index contributed by atoms with van der Waals surface area (Å²) in [5.41, 5.74) is 1.15. The molecule has 0 heterocycles. The van der Waals surface area contributed by atoms with Crippen molar-refractivity contribution in [2.24, 2.45) is 4.99 Å². The lowest BCUT2D eigenvalue weighted by Crippen LogP contribution is -2.39. The van der Waals surface area contributed by atoms with Gasteiger partial charge in [0.25, 0.3) is 0 Å². The molecule has 0 aliphatic carbocycles. The fraction of sp³-hybridized carbons (Fsp3) is 0.588. The van der Waals surface area contributed by atoms with E-state index in [1.807, 2.05) is 31.2 Å². The summed E-state index contributed by atoms with van der Waals surface area (Å²) < 4.78 is 16.1. The first-order valence-electron chi connectivity index (χ1n) is 8.03. The van der Waals surface area contributed by atoms with Gasteiger partial charge >= 0.3 is 0 Å². The molecule has 0 aromatic heterocycles. The highest BCUT2D eigenvalue weighted by Crippen LogP contribution is 2.11. The Morgan fingerprint density at radius 2 is 1.75 bits per heavy atom. The summed E-state index contributed by atoms with van der Waals surface area (Å²) in [5.74, 6) is 1.65. The number of rotatable bonds is 11. The molecule has 0 radical (unpaired) electrons. The van der Waals surface area contributed by atoms with Crippen LogP contribution in [0.25, 0.3) is 0 Å². The van der Waals surface area contributed by atoms with Gasteiger partial charge in [-0.15, -0.1) is 24.0 Å². The molecule has 0 fully saturated rings. The van der Waals surface area contributed by atoms with Crippen molar-refractivity contribution in [2.75, 3.05) is 47.1 Å². The minimum atomic E-state index is 0. The van der Waals surface area contributed by atoms with Crippen LogP contribution in [-0.4, -0.2) is 53.0 Å². The number of hydrogen-bond acceptors (Lipinski definition) is 4. The molecule has 24 heavy (non-hydrogen) atoms. The van der Waals surface area contributed by atoms with Gasteiger partial charge in [-0.2, -0.15) is 0 Å². The van der Waals surface area contributed by atoms with E-state index < -0.39 is 0 Å². The number of methoxy groups -OCH3 is 1. The van der Waals surface area contributed by atoms with Crippen molar-refractivity contribution >= 4 is 29.9 Å². The van der Waals surface area contributed by atoms with Crippen molar-refractivity contribution in [1.29, 1.82) is 0 Å². The minimum Gasteiger partial charge on any atom is -0.497 e. The van der Waals surface area contributed by atoms with Crippen LogP contribution in [-0.2, 0) is 16.1 Å². The lowest BCUT2D eigenvalue weighted by atomic mass is 10.2. The average molecular weight is 451 g/mol. The van der Waals surface area contributed by atoms with E-state index in [2.05, 4.69) is 15.6 Å². The number of guanidine groups is 1. The van der Waals surface area contributed by atoms with Gasteiger partial charge in [0.05, 0.1) is 20.3 Å². The summed E-state index contributed by atoms with van der Waals surface area (Å²) in [6.07, 6.45) is 0.919. The third-order valence-electron chi connectivity index (χ3n) is 3.15. The van der Waals surface area contributed by atoms with Crippen LogP contribution >= 0.6 is 24.0 Å². The zero-order valence-electron chi connectivity index (χ0n) is 14.8. The lowest BCUT2D eigenvalue weighted by Gasteiger charge is -2.12. The minimum absolute atomic E-state index is 0. The van der Waals surface area contributed by atoms with Crippen LogP contribution in [0.1, 0.15) is 18.9 Å². The molecule has 0 bridgehead atoms. The predicted molar refractivity (Wildman–Crippen MR) is 109 cm³/mol. The van der Waals surface area contributed by atoms with Gasteiger partial charge in [0.2, 0.25) is 0 Å². The van der Waals surface area contributed by atoms with Crippen molar-refractivity contribution in [3.63, 3.8) is 0 Å². The molecule has 1 aromatic rings. The highest BCUT2D eigenvalue weighted by Gasteiger charge is 1.98. The molecule has 0 aliphatic rings. The van der Waals surface area contributed by atoms with E-state index in [9.17, 15) is 0 Å². The summed E-state index contributed by atoms with van der Waals surface area (Å²) in [7, 11) is 3.42. The summed E-state index contributed by atoms with van der Waals surface area (Å²) >= 11 is 0. The maximum absolute atomic E-state index is 5.66. The average Bonchev–Trinajstić information content (AvgIpc) is 2.60. The standard InChI is InChI=1S/C17H29N3O3.HI/c1-4-22-13-11-20-17(18-2)19-10-5-12-23-14-15-6-8-16(21-3)9-7-15;/h6-9H,4-5,10-14H2,1-3H3,(H2,18,19,20);1H. The van der Waals surface area contributed by atoms with Gasteiger partial charge in [-0.05, 0) is 31.0 Å². The first-order valence-corrected chi connectivity index (χ1v) is 8.03. The topological polar surface area (TPSA) is 64.1 Å². The van der Waals surface area contributed by atoms with Gasteiger partial charge in [-0.1, -0.05) is 12.1 Å². The number of aliphatic imine (C=N–C) groups is 1. The number of benzene rings is 1. The van der Waals surface area contributed by atoms with Crippen LogP contribution in [0.2, 0.25) is 0 Å². The Morgan fingerprint density at radius 3 is 2.38 bits per heavy atom. The first-order chi connectivity index (χ1) is 11.3. The van der Waals surface area contributed by atoms with Crippen LogP contribution in [0.5, 0.6) is 5.75 Å². The second-order valence-electron chi connectivity index (χ2n) is 4.88. The molecular formula is C17H30IN3O3. The van der Waals surface area contributed by atoms with Crippen LogP contribution in [0, 0.1) is 0 Å². The summed E-state index contributed by atoms with van der Waals surface area (Å²) in [4.78, 5) is 4.15. The van der Waals surface area contributed by atoms with E-state index in [0.717, 1.165) is 43.4 Å². The fourth-order valence-electron chi connectivity index (χ4n) is 1.90. The Bertz CT molecular complexity index is 441. The van der Waals surface area contributed by atoms with E-state index in [1.54, 1.807) is 14.2 Å². The van der Waals surface area contributed by atoms with Crippen LogP contribution in [0.15, 0.2) is 29.3 Å². The SMILES string of the molecule is CCOCCNC(=NC)NCCCOCc1ccc(OC)cc1.I. The molecule has 1 aromatic carbocycles. The van der Waals surface area contributed by atoms with Crippen LogP contribution in [0.3, 0.4) is 0 Å². The number of ether oxygens (including phenoxy) is 3. The van der Waals surface area contributed by atoms with E-state index in [1.165, 1.54) is 0 Å². The van der Waals surface area contributed by atoms with E-state index >= 15 is 0 Å². The van der Waals surface area contributed by atoms with E-state index in [-0.39, 0.29) is 24.0 Å². The normalized spacial score (nSPS) is 10.9. The highest BCUT2D eigenvalue weighted by atomic mass is 127. The number of nitrogens with zero attached hydrogens (tertiary/aromatic N) is 1. The monoisotopic (exact) mass is 451 g/mol. The van der Waals surface area contributed by atoms with Gasteiger partial charge in [0.15, 0.2) is 5.96 Å².